The van der Waals surface area contributed by atoms with E-state index >= 15 is 0 Å². The number of hydrogen-bond acceptors (Lipinski definition) is 3. The van der Waals surface area contributed by atoms with Gasteiger partial charge in [-0.05, 0) is 25.0 Å². The molecule has 6 nitrogen and oxygen atoms in total. The lowest BCUT2D eigenvalue weighted by Gasteiger charge is -2.22. The number of rotatable bonds is 6. The zero-order chi connectivity index (χ0) is 17.6. The highest BCUT2D eigenvalue weighted by Gasteiger charge is 2.12. The van der Waals surface area contributed by atoms with Crippen LogP contribution in [0.3, 0.4) is 0 Å². The van der Waals surface area contributed by atoms with Crippen LogP contribution in [0.5, 0.6) is 0 Å². The van der Waals surface area contributed by atoms with Crippen LogP contribution in [0.2, 0.25) is 0 Å². The first kappa shape index (κ1) is 19.4. The SMILES string of the molecule is CC(C)NS(=O)(=O)Cc1ccc(CN=C(N(C)C)N(C)C)cc1. The zero-order valence-electron chi connectivity index (χ0n) is 14.9. The average Bonchev–Trinajstić information content (AvgIpc) is 2.38. The van der Waals surface area contributed by atoms with Gasteiger partial charge in [0.05, 0.1) is 12.3 Å². The number of benzene rings is 1. The molecule has 0 saturated carbocycles. The molecule has 0 unspecified atom stereocenters. The lowest BCUT2D eigenvalue weighted by atomic mass is 10.1. The first-order valence-electron chi connectivity index (χ1n) is 7.57. The molecule has 0 bridgehead atoms. The molecule has 0 amide bonds. The van der Waals surface area contributed by atoms with Gasteiger partial charge in [0.15, 0.2) is 5.96 Å². The fourth-order valence-electron chi connectivity index (χ4n) is 2.21. The second-order valence-electron chi connectivity index (χ2n) is 6.25. The summed E-state index contributed by atoms with van der Waals surface area (Å²) in [5.41, 5.74) is 1.82. The number of aliphatic imine (C=N–C) groups is 1. The van der Waals surface area contributed by atoms with E-state index in [1.807, 2.05) is 76.1 Å². The van der Waals surface area contributed by atoms with E-state index in [1.54, 1.807) is 0 Å². The molecular weight excluding hydrogens is 312 g/mol. The third kappa shape index (κ3) is 7.00. The van der Waals surface area contributed by atoms with E-state index in [2.05, 4.69) is 9.71 Å². The molecule has 0 aromatic heterocycles. The van der Waals surface area contributed by atoms with Crippen LogP contribution in [0.1, 0.15) is 25.0 Å². The van der Waals surface area contributed by atoms with E-state index in [4.69, 9.17) is 0 Å². The first-order valence-corrected chi connectivity index (χ1v) is 9.23. The summed E-state index contributed by atoms with van der Waals surface area (Å²) in [6.07, 6.45) is 0. The van der Waals surface area contributed by atoms with Crippen molar-refractivity contribution in [2.45, 2.75) is 32.2 Å². The minimum Gasteiger partial charge on any atom is -0.349 e. The summed E-state index contributed by atoms with van der Waals surface area (Å²) in [7, 11) is 4.53. The number of nitrogens with zero attached hydrogens (tertiary/aromatic N) is 3. The summed E-state index contributed by atoms with van der Waals surface area (Å²) in [5, 5.41) is 0. The van der Waals surface area contributed by atoms with Gasteiger partial charge in [0, 0.05) is 34.2 Å². The molecule has 1 aromatic rings. The van der Waals surface area contributed by atoms with Gasteiger partial charge in [-0.1, -0.05) is 24.3 Å². The van der Waals surface area contributed by atoms with Crippen molar-refractivity contribution in [2.75, 3.05) is 28.2 Å². The van der Waals surface area contributed by atoms with Crippen LogP contribution in [0, 0.1) is 0 Å². The van der Waals surface area contributed by atoms with Gasteiger partial charge in [0.25, 0.3) is 0 Å². The smallest absolute Gasteiger partial charge is 0.216 e. The molecule has 0 fully saturated rings. The van der Waals surface area contributed by atoms with Gasteiger partial charge < -0.3 is 9.80 Å². The quantitative estimate of drug-likeness (QED) is 0.629. The summed E-state index contributed by atoms with van der Waals surface area (Å²) in [6, 6.07) is 7.44. The molecule has 0 radical (unpaired) electrons. The van der Waals surface area contributed by atoms with E-state index in [1.165, 1.54) is 0 Å². The second kappa shape index (κ2) is 8.31. The van der Waals surface area contributed by atoms with Gasteiger partial charge in [-0.25, -0.2) is 18.1 Å². The molecule has 0 aliphatic rings. The summed E-state index contributed by atoms with van der Waals surface area (Å²) >= 11 is 0. The van der Waals surface area contributed by atoms with E-state index in [0.717, 1.165) is 17.1 Å². The first-order chi connectivity index (χ1) is 10.6. The van der Waals surface area contributed by atoms with Crippen LogP contribution in [-0.2, 0) is 22.3 Å². The van der Waals surface area contributed by atoms with Crippen molar-refractivity contribution in [3.63, 3.8) is 0 Å². The maximum absolute atomic E-state index is 11.9. The monoisotopic (exact) mass is 340 g/mol. The molecule has 0 saturated heterocycles. The molecule has 0 aliphatic heterocycles. The largest absolute Gasteiger partial charge is 0.349 e. The third-order valence-corrected chi connectivity index (χ3v) is 4.54. The van der Waals surface area contributed by atoms with E-state index in [0.29, 0.717) is 6.54 Å². The molecule has 0 heterocycles. The highest BCUT2D eigenvalue weighted by atomic mass is 32.2. The second-order valence-corrected chi connectivity index (χ2v) is 8.01. The van der Waals surface area contributed by atoms with Gasteiger partial charge in [-0.15, -0.1) is 0 Å². The molecule has 1 rings (SSSR count). The number of guanidine groups is 1. The summed E-state index contributed by atoms with van der Waals surface area (Å²) in [4.78, 5) is 8.49. The normalized spacial score (nSPS) is 11.4. The Morgan fingerprint density at radius 1 is 1.04 bits per heavy atom. The average molecular weight is 340 g/mol. The van der Waals surface area contributed by atoms with Gasteiger partial charge in [-0.3, -0.25) is 0 Å². The van der Waals surface area contributed by atoms with Crippen LogP contribution in [-0.4, -0.2) is 58.4 Å². The molecule has 0 spiro atoms. The Morgan fingerprint density at radius 2 is 1.52 bits per heavy atom. The molecule has 1 N–H and O–H groups in total. The van der Waals surface area contributed by atoms with E-state index in [9.17, 15) is 8.42 Å². The Labute approximate surface area is 140 Å². The summed E-state index contributed by atoms with van der Waals surface area (Å²) < 4.78 is 26.4. The molecule has 1 aromatic carbocycles. The standard InChI is InChI=1S/C16H28N4O2S/c1-13(2)18-23(21,22)12-15-9-7-14(8-10-15)11-17-16(19(3)4)20(5)6/h7-10,13,18H,11-12H2,1-6H3. The van der Waals surface area contributed by atoms with Crippen molar-refractivity contribution in [1.82, 2.24) is 14.5 Å². The third-order valence-electron chi connectivity index (χ3n) is 3.00. The summed E-state index contributed by atoms with van der Waals surface area (Å²) in [6.45, 7) is 4.18. The highest BCUT2D eigenvalue weighted by Crippen LogP contribution is 2.09. The molecule has 0 aliphatic carbocycles. The Morgan fingerprint density at radius 3 is 1.96 bits per heavy atom. The maximum Gasteiger partial charge on any atom is 0.216 e. The predicted octanol–water partition coefficient (Wildman–Crippen LogP) is 1.49. The molecule has 7 heteroatoms. The Hall–Kier alpha value is -1.60. The summed E-state index contributed by atoms with van der Waals surface area (Å²) in [5.74, 6) is 0.882. The molecule has 130 valence electrons. The van der Waals surface area contributed by atoms with Gasteiger partial charge in [-0.2, -0.15) is 0 Å². The zero-order valence-corrected chi connectivity index (χ0v) is 15.7. The van der Waals surface area contributed by atoms with Crippen LogP contribution >= 0.6 is 0 Å². The van der Waals surface area contributed by atoms with Crippen LogP contribution in [0.15, 0.2) is 29.3 Å². The molecular formula is C16H28N4O2S. The fourth-order valence-corrected chi connectivity index (χ4v) is 3.64. The van der Waals surface area contributed by atoms with Gasteiger partial charge in [0.1, 0.15) is 0 Å². The van der Waals surface area contributed by atoms with Crippen molar-refractivity contribution < 1.29 is 8.42 Å². The van der Waals surface area contributed by atoms with Crippen molar-refractivity contribution in [3.05, 3.63) is 35.4 Å². The number of hydrogen-bond donors (Lipinski definition) is 1. The van der Waals surface area contributed by atoms with Crippen molar-refractivity contribution >= 4 is 16.0 Å². The minimum atomic E-state index is -3.29. The van der Waals surface area contributed by atoms with E-state index in [-0.39, 0.29) is 11.8 Å². The number of nitrogens with one attached hydrogen (secondary N) is 1. The molecule has 23 heavy (non-hydrogen) atoms. The van der Waals surface area contributed by atoms with Gasteiger partial charge in [0.2, 0.25) is 10.0 Å². The minimum absolute atomic E-state index is 0.00459. The maximum atomic E-state index is 11.9. The van der Waals surface area contributed by atoms with Crippen LogP contribution in [0.4, 0.5) is 0 Å². The topological polar surface area (TPSA) is 65.0 Å². The highest BCUT2D eigenvalue weighted by molar-refractivity contribution is 7.88. The van der Waals surface area contributed by atoms with Crippen LogP contribution < -0.4 is 4.72 Å². The predicted molar refractivity (Wildman–Crippen MR) is 95.9 cm³/mol. The van der Waals surface area contributed by atoms with Crippen molar-refractivity contribution in [1.29, 1.82) is 0 Å². The Balaban J connectivity index is 2.76. The number of sulfonamides is 1. The van der Waals surface area contributed by atoms with Crippen molar-refractivity contribution in [3.8, 4) is 0 Å². The van der Waals surface area contributed by atoms with Gasteiger partial charge >= 0.3 is 0 Å². The van der Waals surface area contributed by atoms with Crippen LogP contribution in [0.25, 0.3) is 0 Å². The van der Waals surface area contributed by atoms with Crippen molar-refractivity contribution in [2.24, 2.45) is 4.99 Å². The lowest BCUT2D eigenvalue weighted by molar-refractivity contribution is 0.479. The lowest BCUT2D eigenvalue weighted by Crippen LogP contribution is -2.35. The Bertz CT molecular complexity index is 610. The fraction of sp³-hybridized carbons (Fsp3) is 0.562. The van der Waals surface area contributed by atoms with E-state index < -0.39 is 10.0 Å². The molecule has 0 atom stereocenters. The Kier molecular flexibility index (Phi) is 7.02.